The number of hydrogen-bond acceptors (Lipinski definition) is 7. The summed E-state index contributed by atoms with van der Waals surface area (Å²) in [4.78, 5) is 52.4. The quantitative estimate of drug-likeness (QED) is 0.105. The molecule has 3 aromatic rings. The Balaban J connectivity index is 1.58. The molecule has 1 fully saturated rings. The van der Waals surface area contributed by atoms with Gasteiger partial charge in [-0.1, -0.05) is 46.4 Å². The van der Waals surface area contributed by atoms with E-state index < -0.39 is 41.1 Å². The number of carbonyl (C=O) groups is 3. The van der Waals surface area contributed by atoms with Crippen LogP contribution in [-0.2, 0) is 4.79 Å². The van der Waals surface area contributed by atoms with E-state index in [1.54, 1.807) is 13.8 Å². The van der Waals surface area contributed by atoms with Crippen molar-refractivity contribution in [3.63, 3.8) is 0 Å². The highest BCUT2D eigenvalue weighted by Crippen LogP contribution is 2.39. The lowest BCUT2D eigenvalue weighted by Gasteiger charge is -2.38. The molecule has 230 valence electrons. The molecular weight excluding hydrogens is 660 g/mol. The van der Waals surface area contributed by atoms with Crippen LogP contribution in [0.3, 0.4) is 0 Å². The zero-order valence-corrected chi connectivity index (χ0v) is 25.9. The van der Waals surface area contributed by atoms with Gasteiger partial charge in [-0.05, 0) is 67.9 Å². The van der Waals surface area contributed by atoms with Gasteiger partial charge in [-0.3, -0.25) is 25.0 Å². The summed E-state index contributed by atoms with van der Waals surface area (Å²) in [6.07, 6.45) is -0.113. The summed E-state index contributed by atoms with van der Waals surface area (Å²) < 4.78 is 0. The Morgan fingerprint density at radius 2 is 1.64 bits per heavy atom. The van der Waals surface area contributed by atoms with Gasteiger partial charge in [-0.25, -0.2) is 15.0 Å². The number of nitro groups is 1. The number of nitro benzene ring substituents is 1. The second kappa shape index (κ2) is 13.2. The summed E-state index contributed by atoms with van der Waals surface area (Å²) in [7, 11) is 0. The Labute approximate surface area is 270 Å². The van der Waals surface area contributed by atoms with Crippen LogP contribution < -0.4 is 15.6 Å². The number of halogens is 4. The standard InChI is InChI=1S/C27H23Cl4N7O6/c1-27(2)24(37(42)25(40)33-16-5-9-19(28)21(30)11-16)36(18-8-10-20(29)22(31)12-18)26(41)35(27)14-23(39)34-32-13-15-3-6-17(7-4-15)38(43)44/h3-13,24,42H,14H2,1-2H3,(H,33,40)(H,34,39). The first-order chi connectivity index (χ1) is 20.7. The van der Waals surface area contributed by atoms with Gasteiger partial charge in [0.2, 0.25) is 0 Å². The SMILES string of the molecule is CC1(C)C(N(O)C(=O)Nc2ccc(Cl)c(Cl)c2)N(c2ccc(Cl)c(Cl)c2)C(=O)N1CC(=O)NN=Cc1ccc([N+](=O)[O-])cc1. The predicted octanol–water partition coefficient (Wildman–Crippen LogP) is 6.63. The number of non-ortho nitro benzene ring substituents is 1. The highest BCUT2D eigenvalue weighted by Gasteiger charge is 2.56. The number of urea groups is 2. The third-order valence-corrected chi connectivity index (χ3v) is 8.09. The van der Waals surface area contributed by atoms with E-state index in [9.17, 15) is 29.7 Å². The van der Waals surface area contributed by atoms with Gasteiger partial charge in [0.05, 0.1) is 36.8 Å². The van der Waals surface area contributed by atoms with Crippen LogP contribution in [0.5, 0.6) is 0 Å². The molecule has 5 amide bonds. The zero-order chi connectivity index (χ0) is 32.3. The van der Waals surface area contributed by atoms with Crippen LogP contribution in [0.2, 0.25) is 20.1 Å². The summed E-state index contributed by atoms with van der Waals surface area (Å²) in [6.45, 7) is 2.58. The third-order valence-electron chi connectivity index (χ3n) is 6.61. The van der Waals surface area contributed by atoms with Crippen LogP contribution in [0, 0.1) is 10.1 Å². The van der Waals surface area contributed by atoms with E-state index in [0.29, 0.717) is 10.6 Å². The summed E-state index contributed by atoms with van der Waals surface area (Å²) in [6, 6.07) is 12.3. The number of nitrogens with zero attached hydrogens (tertiary/aromatic N) is 5. The van der Waals surface area contributed by atoms with Crippen molar-refractivity contribution in [1.82, 2.24) is 15.4 Å². The number of anilines is 2. The molecule has 0 aromatic heterocycles. The summed E-state index contributed by atoms with van der Waals surface area (Å²) in [5.41, 5.74) is 1.69. The van der Waals surface area contributed by atoms with Gasteiger partial charge in [0.15, 0.2) is 6.17 Å². The Hall–Kier alpha value is -4.14. The van der Waals surface area contributed by atoms with E-state index in [1.807, 2.05) is 0 Å². The number of amides is 5. The summed E-state index contributed by atoms with van der Waals surface area (Å²) in [5.74, 6) is -0.705. The number of nitrogens with one attached hydrogen (secondary N) is 2. The molecular formula is C27H23Cl4N7O6. The van der Waals surface area contributed by atoms with Gasteiger partial charge in [-0.15, -0.1) is 0 Å². The van der Waals surface area contributed by atoms with E-state index in [2.05, 4.69) is 15.8 Å². The Bertz CT molecular complexity index is 1650. The maximum absolute atomic E-state index is 13.8. The average molecular weight is 683 g/mol. The topological polar surface area (TPSA) is 161 Å². The Kier molecular flexibility index (Phi) is 9.86. The number of rotatable bonds is 8. The maximum atomic E-state index is 13.8. The van der Waals surface area contributed by atoms with Crippen LogP contribution >= 0.6 is 46.4 Å². The molecule has 44 heavy (non-hydrogen) atoms. The van der Waals surface area contributed by atoms with E-state index in [0.717, 1.165) is 9.80 Å². The smallest absolute Gasteiger partial charge is 0.306 e. The maximum Gasteiger partial charge on any atom is 0.347 e. The first-order valence-corrected chi connectivity index (χ1v) is 14.1. The number of benzene rings is 3. The molecule has 0 radical (unpaired) electrons. The lowest BCUT2D eigenvalue weighted by atomic mass is 9.99. The molecule has 3 aromatic carbocycles. The molecule has 1 aliphatic heterocycles. The minimum Gasteiger partial charge on any atom is -0.306 e. The number of hydrazone groups is 1. The summed E-state index contributed by atoms with van der Waals surface area (Å²) in [5, 5.41) is 29.4. The lowest BCUT2D eigenvalue weighted by molar-refractivity contribution is -0.384. The van der Waals surface area contributed by atoms with Crippen molar-refractivity contribution in [2.45, 2.75) is 25.6 Å². The van der Waals surface area contributed by atoms with Crippen molar-refractivity contribution >= 4 is 87.6 Å². The van der Waals surface area contributed by atoms with E-state index >= 15 is 0 Å². The Morgan fingerprint density at radius 1 is 1.02 bits per heavy atom. The molecule has 3 N–H and O–H groups in total. The van der Waals surface area contributed by atoms with Crippen molar-refractivity contribution in [2.24, 2.45) is 5.10 Å². The van der Waals surface area contributed by atoms with Crippen LogP contribution in [-0.4, -0.2) is 62.5 Å². The van der Waals surface area contributed by atoms with Crippen LogP contribution in [0.4, 0.5) is 26.7 Å². The minimum absolute atomic E-state index is 0.106. The van der Waals surface area contributed by atoms with Gasteiger partial charge in [0, 0.05) is 23.5 Å². The molecule has 1 unspecified atom stereocenters. The molecule has 1 heterocycles. The van der Waals surface area contributed by atoms with E-state index in [-0.39, 0.29) is 37.2 Å². The predicted molar refractivity (Wildman–Crippen MR) is 167 cm³/mol. The molecule has 0 aliphatic carbocycles. The minimum atomic E-state index is -1.38. The number of hydroxylamine groups is 2. The van der Waals surface area contributed by atoms with Gasteiger partial charge >= 0.3 is 12.1 Å². The first-order valence-electron chi connectivity index (χ1n) is 12.6. The monoisotopic (exact) mass is 681 g/mol. The van der Waals surface area contributed by atoms with Gasteiger partial charge in [0.1, 0.15) is 6.54 Å². The zero-order valence-electron chi connectivity index (χ0n) is 22.9. The largest absolute Gasteiger partial charge is 0.347 e. The molecule has 13 nitrogen and oxygen atoms in total. The third kappa shape index (κ3) is 6.98. The van der Waals surface area contributed by atoms with Gasteiger partial charge < -0.3 is 10.2 Å². The number of hydrogen-bond donors (Lipinski definition) is 3. The molecule has 4 rings (SSSR count). The fourth-order valence-corrected chi connectivity index (χ4v) is 5.00. The molecule has 1 saturated heterocycles. The molecule has 1 atom stereocenters. The normalized spacial score (nSPS) is 15.9. The molecule has 1 aliphatic rings. The first kappa shape index (κ1) is 32.8. The molecule has 0 saturated carbocycles. The fourth-order valence-electron chi connectivity index (χ4n) is 4.41. The second-order valence-corrected chi connectivity index (χ2v) is 11.5. The van der Waals surface area contributed by atoms with Crippen LogP contribution in [0.25, 0.3) is 0 Å². The van der Waals surface area contributed by atoms with Gasteiger partial charge in [0.25, 0.3) is 11.6 Å². The molecule has 17 heteroatoms. The number of carbonyl (C=O) groups excluding carboxylic acids is 3. The highest BCUT2D eigenvalue weighted by atomic mass is 35.5. The van der Waals surface area contributed by atoms with E-state index in [4.69, 9.17) is 46.4 Å². The second-order valence-electron chi connectivity index (χ2n) is 9.91. The summed E-state index contributed by atoms with van der Waals surface area (Å²) >= 11 is 24.3. The Morgan fingerprint density at radius 3 is 2.23 bits per heavy atom. The van der Waals surface area contributed by atoms with Crippen molar-refractivity contribution in [1.29, 1.82) is 0 Å². The van der Waals surface area contributed by atoms with Crippen LogP contribution in [0.15, 0.2) is 65.8 Å². The fraction of sp³-hybridized carbons (Fsp3) is 0.185. The molecule has 0 bridgehead atoms. The van der Waals surface area contributed by atoms with Crippen molar-refractivity contribution in [3.05, 3.63) is 96.4 Å². The lowest BCUT2D eigenvalue weighted by Crippen LogP contribution is -2.58. The molecule has 0 spiro atoms. The van der Waals surface area contributed by atoms with Crippen molar-refractivity contribution < 1.29 is 24.5 Å². The van der Waals surface area contributed by atoms with Crippen molar-refractivity contribution in [2.75, 3.05) is 16.8 Å². The highest BCUT2D eigenvalue weighted by molar-refractivity contribution is 6.42. The van der Waals surface area contributed by atoms with Gasteiger partial charge in [-0.2, -0.15) is 10.2 Å². The van der Waals surface area contributed by atoms with Crippen LogP contribution in [0.1, 0.15) is 19.4 Å². The van der Waals surface area contributed by atoms with Crippen molar-refractivity contribution in [3.8, 4) is 0 Å². The van der Waals surface area contributed by atoms with E-state index in [1.165, 1.54) is 66.9 Å². The average Bonchev–Trinajstić information content (AvgIpc) is 3.16.